The van der Waals surface area contributed by atoms with Crippen LogP contribution in [0.5, 0.6) is 5.75 Å². The van der Waals surface area contributed by atoms with E-state index in [0.29, 0.717) is 13.1 Å². The molecule has 0 spiro atoms. The van der Waals surface area contributed by atoms with Crippen molar-refractivity contribution in [2.45, 2.75) is 33.4 Å². The SMILES string of the molecule is COc1ccc([C@H]2/C=C\CN(CC(C)(C)C)CC(=O)N2Cc2ccc(F)cc2)cc1. The Kier molecular flexibility index (Phi) is 6.93. The topological polar surface area (TPSA) is 32.8 Å². The van der Waals surface area contributed by atoms with E-state index in [1.165, 1.54) is 12.1 Å². The summed E-state index contributed by atoms with van der Waals surface area (Å²) in [5.74, 6) is 0.566. The van der Waals surface area contributed by atoms with Gasteiger partial charge in [0.15, 0.2) is 0 Å². The van der Waals surface area contributed by atoms with E-state index < -0.39 is 0 Å². The molecular formula is C25H31FN2O2. The highest BCUT2D eigenvalue weighted by atomic mass is 19.1. The van der Waals surface area contributed by atoms with Gasteiger partial charge < -0.3 is 9.64 Å². The number of carbonyl (C=O) groups excluding carboxylic acids is 1. The van der Waals surface area contributed by atoms with Crippen molar-refractivity contribution in [3.8, 4) is 5.75 Å². The minimum Gasteiger partial charge on any atom is -0.497 e. The first kappa shape index (κ1) is 22.0. The summed E-state index contributed by atoms with van der Waals surface area (Å²) in [6, 6.07) is 14.0. The van der Waals surface area contributed by atoms with Gasteiger partial charge in [-0.05, 0) is 40.8 Å². The number of hydrogen-bond acceptors (Lipinski definition) is 3. The number of ether oxygens (including phenoxy) is 1. The number of hydrogen-bond donors (Lipinski definition) is 0. The molecule has 0 saturated carbocycles. The lowest BCUT2D eigenvalue weighted by molar-refractivity contribution is -0.135. The predicted molar refractivity (Wildman–Crippen MR) is 118 cm³/mol. The summed E-state index contributed by atoms with van der Waals surface area (Å²) < 4.78 is 18.6. The van der Waals surface area contributed by atoms with Crippen LogP contribution in [0.2, 0.25) is 0 Å². The Morgan fingerprint density at radius 3 is 2.33 bits per heavy atom. The fraction of sp³-hybridized carbons (Fsp3) is 0.400. The number of rotatable bonds is 5. The fourth-order valence-corrected chi connectivity index (χ4v) is 3.80. The highest BCUT2D eigenvalue weighted by molar-refractivity contribution is 5.79. The third kappa shape index (κ3) is 5.92. The predicted octanol–water partition coefficient (Wildman–Crippen LogP) is 4.82. The van der Waals surface area contributed by atoms with Crippen molar-refractivity contribution < 1.29 is 13.9 Å². The molecule has 2 aromatic carbocycles. The quantitative estimate of drug-likeness (QED) is 0.663. The molecule has 4 nitrogen and oxygen atoms in total. The van der Waals surface area contributed by atoms with Crippen LogP contribution in [0, 0.1) is 11.2 Å². The maximum atomic E-state index is 13.4. The number of amides is 1. The Labute approximate surface area is 178 Å². The zero-order chi connectivity index (χ0) is 21.7. The standard InChI is InChI=1S/C25H31FN2O2/c1-25(2,3)18-27-15-5-6-23(20-9-13-22(30-4)14-10-20)28(24(29)17-27)16-19-7-11-21(26)12-8-19/h5-14,23H,15-18H2,1-4H3/b6-5-/t23-/m1/s1. The van der Waals surface area contributed by atoms with Gasteiger partial charge in [0.2, 0.25) is 5.91 Å². The average molecular weight is 411 g/mol. The molecule has 1 aliphatic heterocycles. The van der Waals surface area contributed by atoms with Gasteiger partial charge >= 0.3 is 0 Å². The van der Waals surface area contributed by atoms with Crippen LogP contribution in [0.3, 0.4) is 0 Å². The van der Waals surface area contributed by atoms with E-state index in [-0.39, 0.29) is 23.2 Å². The molecule has 2 aromatic rings. The second-order valence-corrected chi connectivity index (χ2v) is 9.02. The van der Waals surface area contributed by atoms with E-state index >= 15 is 0 Å². The van der Waals surface area contributed by atoms with Crippen molar-refractivity contribution in [1.29, 1.82) is 0 Å². The van der Waals surface area contributed by atoms with E-state index in [1.54, 1.807) is 19.2 Å². The summed E-state index contributed by atoms with van der Waals surface area (Å²) in [5.41, 5.74) is 2.02. The van der Waals surface area contributed by atoms with Crippen LogP contribution < -0.4 is 4.74 Å². The van der Waals surface area contributed by atoms with Gasteiger partial charge in [-0.2, -0.15) is 0 Å². The van der Waals surface area contributed by atoms with Crippen LogP contribution in [-0.2, 0) is 11.3 Å². The van der Waals surface area contributed by atoms with E-state index in [0.717, 1.165) is 30.0 Å². The first-order chi connectivity index (χ1) is 14.2. The molecule has 1 heterocycles. The third-order valence-electron chi connectivity index (χ3n) is 5.12. The van der Waals surface area contributed by atoms with Crippen LogP contribution in [0.15, 0.2) is 60.7 Å². The Balaban J connectivity index is 1.92. The number of nitrogens with zero attached hydrogens (tertiary/aromatic N) is 2. The van der Waals surface area contributed by atoms with Gasteiger partial charge in [0, 0.05) is 19.6 Å². The van der Waals surface area contributed by atoms with Crippen molar-refractivity contribution in [1.82, 2.24) is 9.80 Å². The lowest BCUT2D eigenvalue weighted by Crippen LogP contribution is -2.45. The summed E-state index contributed by atoms with van der Waals surface area (Å²) in [5, 5.41) is 0. The molecule has 160 valence electrons. The van der Waals surface area contributed by atoms with Crippen LogP contribution in [0.25, 0.3) is 0 Å². The number of halogens is 1. The highest BCUT2D eigenvalue weighted by Gasteiger charge is 2.28. The Hall–Kier alpha value is -2.66. The lowest BCUT2D eigenvalue weighted by Gasteiger charge is -2.36. The molecule has 1 atom stereocenters. The van der Waals surface area contributed by atoms with Gasteiger partial charge in [0.05, 0.1) is 19.7 Å². The van der Waals surface area contributed by atoms with Gasteiger partial charge in [-0.1, -0.05) is 57.2 Å². The monoisotopic (exact) mass is 410 g/mol. The molecule has 0 N–H and O–H groups in total. The van der Waals surface area contributed by atoms with Crippen LogP contribution >= 0.6 is 0 Å². The molecule has 30 heavy (non-hydrogen) atoms. The summed E-state index contributed by atoms with van der Waals surface area (Å²) in [6.07, 6.45) is 4.24. The van der Waals surface area contributed by atoms with E-state index in [9.17, 15) is 9.18 Å². The first-order valence-electron chi connectivity index (χ1n) is 10.3. The molecule has 0 radical (unpaired) electrons. The normalized spacial score (nSPS) is 19.3. The van der Waals surface area contributed by atoms with Gasteiger partial charge in [-0.3, -0.25) is 9.69 Å². The summed E-state index contributed by atoms with van der Waals surface area (Å²) in [7, 11) is 1.64. The van der Waals surface area contributed by atoms with Crippen molar-refractivity contribution in [2.24, 2.45) is 5.41 Å². The van der Waals surface area contributed by atoms with Crippen LogP contribution in [-0.4, -0.2) is 42.5 Å². The zero-order valence-corrected chi connectivity index (χ0v) is 18.3. The third-order valence-corrected chi connectivity index (χ3v) is 5.12. The molecule has 0 bridgehead atoms. The van der Waals surface area contributed by atoms with Crippen molar-refractivity contribution in [2.75, 3.05) is 26.7 Å². The maximum Gasteiger partial charge on any atom is 0.237 e. The Bertz CT molecular complexity index is 870. The molecule has 0 aromatic heterocycles. The van der Waals surface area contributed by atoms with Crippen molar-refractivity contribution in [3.05, 3.63) is 77.6 Å². The summed E-state index contributed by atoms with van der Waals surface area (Å²) in [6.45, 7) is 8.88. The minimum atomic E-state index is -0.277. The summed E-state index contributed by atoms with van der Waals surface area (Å²) in [4.78, 5) is 17.4. The van der Waals surface area contributed by atoms with Crippen molar-refractivity contribution >= 4 is 5.91 Å². The molecule has 1 aliphatic rings. The molecule has 3 rings (SSSR count). The second-order valence-electron chi connectivity index (χ2n) is 9.02. The van der Waals surface area contributed by atoms with E-state index in [2.05, 4.69) is 37.8 Å². The van der Waals surface area contributed by atoms with E-state index in [1.807, 2.05) is 29.2 Å². The minimum absolute atomic E-state index is 0.0637. The molecule has 0 saturated heterocycles. The second kappa shape index (κ2) is 9.43. The molecule has 5 heteroatoms. The van der Waals surface area contributed by atoms with Gasteiger partial charge in [-0.25, -0.2) is 4.39 Å². The van der Waals surface area contributed by atoms with Crippen LogP contribution in [0.1, 0.15) is 37.9 Å². The van der Waals surface area contributed by atoms with Crippen molar-refractivity contribution in [3.63, 3.8) is 0 Å². The zero-order valence-electron chi connectivity index (χ0n) is 18.3. The lowest BCUT2D eigenvalue weighted by atomic mass is 9.95. The summed E-state index contributed by atoms with van der Waals surface area (Å²) >= 11 is 0. The maximum absolute atomic E-state index is 13.4. The fourth-order valence-electron chi connectivity index (χ4n) is 3.80. The highest BCUT2D eigenvalue weighted by Crippen LogP contribution is 2.28. The molecule has 0 unspecified atom stereocenters. The first-order valence-corrected chi connectivity index (χ1v) is 10.3. The van der Waals surface area contributed by atoms with Gasteiger partial charge in [-0.15, -0.1) is 0 Å². The largest absolute Gasteiger partial charge is 0.497 e. The number of carbonyl (C=O) groups is 1. The molecule has 0 aliphatic carbocycles. The molecule has 1 amide bonds. The smallest absolute Gasteiger partial charge is 0.237 e. The van der Waals surface area contributed by atoms with Gasteiger partial charge in [0.1, 0.15) is 11.6 Å². The Morgan fingerprint density at radius 1 is 1.07 bits per heavy atom. The average Bonchev–Trinajstić information content (AvgIpc) is 2.69. The van der Waals surface area contributed by atoms with Crippen LogP contribution in [0.4, 0.5) is 4.39 Å². The number of methoxy groups -OCH3 is 1. The Morgan fingerprint density at radius 2 is 1.73 bits per heavy atom. The van der Waals surface area contributed by atoms with Gasteiger partial charge in [0.25, 0.3) is 0 Å². The number of benzene rings is 2. The molecule has 0 fully saturated rings. The van der Waals surface area contributed by atoms with E-state index in [4.69, 9.17) is 4.74 Å². The molecular weight excluding hydrogens is 379 g/mol.